The highest BCUT2D eigenvalue weighted by Crippen LogP contribution is 2.46. The molecule has 294 valence electrons. The molecule has 1 N–H and O–H groups in total. The number of anilines is 2. The molecule has 5 amide bonds. The third-order valence-corrected chi connectivity index (χ3v) is 13.6. The summed E-state index contributed by atoms with van der Waals surface area (Å²) in [5.74, 6) is -0.628. The standard InChI is InChI=1S/C43H45ClN8O5/c1-26-19-43(25-51(26)32-4-2-28(20-45)35(44)18-32)10-14-49(15-11-43)37-6-3-29(21-46-37)40(55)50-12-8-27(9-13-50)22-48-23-30-16-33-34(17-31(30)24-48)42(57)52(41(33)56)36-5-7-38(53)47-39(36)54/h2-4,6,16-18,21,26-27,36H,5,7-15,19,22-25H2,1H3,(H,47,53,54). The van der Waals surface area contributed by atoms with Gasteiger partial charge in [-0.3, -0.25) is 39.1 Å². The van der Waals surface area contributed by atoms with E-state index in [1.54, 1.807) is 24.4 Å². The zero-order chi connectivity index (χ0) is 39.6. The molecule has 0 saturated carbocycles. The molecule has 6 aliphatic heterocycles. The first-order valence-corrected chi connectivity index (χ1v) is 20.4. The number of hydrogen-bond acceptors (Lipinski definition) is 10. The van der Waals surface area contributed by atoms with Gasteiger partial charge in [-0.15, -0.1) is 0 Å². The summed E-state index contributed by atoms with van der Waals surface area (Å²) in [7, 11) is 0. The molecule has 6 aliphatic rings. The van der Waals surface area contributed by atoms with E-state index in [-0.39, 0.29) is 24.2 Å². The van der Waals surface area contributed by atoms with Crippen LogP contribution in [0.2, 0.25) is 5.02 Å². The molecule has 2 aromatic carbocycles. The Labute approximate surface area is 336 Å². The smallest absolute Gasteiger partial charge is 0.262 e. The Bertz CT molecular complexity index is 2180. The lowest BCUT2D eigenvalue weighted by Crippen LogP contribution is -2.54. The fourth-order valence-electron chi connectivity index (χ4n) is 10.1. The number of likely N-dealkylation sites (tertiary alicyclic amines) is 1. The number of aromatic nitrogens is 1. The zero-order valence-electron chi connectivity index (χ0n) is 32.0. The van der Waals surface area contributed by atoms with Crippen molar-refractivity contribution in [1.82, 2.24) is 25.0 Å². The molecule has 2 atom stereocenters. The summed E-state index contributed by atoms with van der Waals surface area (Å²) in [6.07, 6.45) is 6.97. The average Bonchev–Trinajstić information content (AvgIpc) is 3.84. The molecule has 1 spiro atoms. The Morgan fingerprint density at radius 2 is 1.65 bits per heavy atom. The van der Waals surface area contributed by atoms with Gasteiger partial charge in [-0.2, -0.15) is 5.26 Å². The Morgan fingerprint density at radius 1 is 0.947 bits per heavy atom. The maximum Gasteiger partial charge on any atom is 0.262 e. The molecular weight excluding hydrogens is 744 g/mol. The van der Waals surface area contributed by atoms with Gasteiger partial charge in [0.05, 0.1) is 27.3 Å². The summed E-state index contributed by atoms with van der Waals surface area (Å²) in [5, 5.41) is 12.0. The van der Waals surface area contributed by atoms with E-state index in [0.29, 0.717) is 65.4 Å². The number of piperidine rings is 3. The number of amides is 5. The Balaban J connectivity index is 0.745. The number of nitriles is 1. The van der Waals surface area contributed by atoms with Crippen LogP contribution in [0, 0.1) is 22.7 Å². The van der Waals surface area contributed by atoms with Crippen LogP contribution in [0.15, 0.2) is 48.7 Å². The molecule has 0 radical (unpaired) electrons. The van der Waals surface area contributed by atoms with Gasteiger partial charge >= 0.3 is 0 Å². The fourth-order valence-corrected chi connectivity index (χ4v) is 10.4. The van der Waals surface area contributed by atoms with Gasteiger partial charge in [-0.25, -0.2) is 4.98 Å². The predicted molar refractivity (Wildman–Crippen MR) is 212 cm³/mol. The van der Waals surface area contributed by atoms with E-state index in [4.69, 9.17) is 16.6 Å². The van der Waals surface area contributed by atoms with Crippen molar-refractivity contribution in [1.29, 1.82) is 5.26 Å². The number of nitrogens with one attached hydrogen (secondary N) is 1. The number of carbonyl (C=O) groups is 5. The number of hydrogen-bond donors (Lipinski definition) is 1. The monoisotopic (exact) mass is 788 g/mol. The molecule has 0 bridgehead atoms. The van der Waals surface area contributed by atoms with Crippen molar-refractivity contribution in [3.05, 3.63) is 87.1 Å². The number of pyridine rings is 1. The number of benzene rings is 2. The van der Waals surface area contributed by atoms with Crippen molar-refractivity contribution in [3.8, 4) is 6.07 Å². The van der Waals surface area contributed by atoms with Gasteiger partial charge in [0.25, 0.3) is 17.7 Å². The first kappa shape index (κ1) is 37.3. The van der Waals surface area contributed by atoms with Gasteiger partial charge in [0.2, 0.25) is 11.8 Å². The first-order valence-electron chi connectivity index (χ1n) is 20.1. The molecule has 3 aromatic rings. The lowest BCUT2D eigenvalue weighted by molar-refractivity contribution is -0.136. The Kier molecular flexibility index (Phi) is 9.52. The Morgan fingerprint density at radius 3 is 2.26 bits per heavy atom. The molecule has 57 heavy (non-hydrogen) atoms. The Hall–Kier alpha value is -5.32. The highest BCUT2D eigenvalue weighted by molar-refractivity contribution is 6.32. The van der Waals surface area contributed by atoms with Gasteiger partial charge in [-0.05, 0) is 110 Å². The van der Waals surface area contributed by atoms with Crippen LogP contribution >= 0.6 is 11.6 Å². The van der Waals surface area contributed by atoms with E-state index < -0.39 is 29.7 Å². The zero-order valence-corrected chi connectivity index (χ0v) is 32.8. The van der Waals surface area contributed by atoms with E-state index in [0.717, 1.165) is 85.8 Å². The van der Waals surface area contributed by atoms with Crippen LogP contribution in [0.1, 0.15) is 99.6 Å². The maximum absolute atomic E-state index is 13.5. The minimum atomic E-state index is -0.971. The number of fused-ring (bicyclic) bond motifs is 2. The molecule has 0 aliphatic carbocycles. The number of carbonyl (C=O) groups excluding carboxylic acids is 5. The largest absolute Gasteiger partial charge is 0.368 e. The molecule has 7 heterocycles. The van der Waals surface area contributed by atoms with Gasteiger partial charge in [-0.1, -0.05) is 11.6 Å². The van der Waals surface area contributed by atoms with Crippen LogP contribution in [0.25, 0.3) is 0 Å². The van der Waals surface area contributed by atoms with Crippen molar-refractivity contribution in [2.75, 3.05) is 49.1 Å². The molecule has 14 heteroatoms. The fraction of sp³-hybridized carbons (Fsp3) is 0.465. The molecular formula is C43H45ClN8O5. The van der Waals surface area contributed by atoms with Crippen molar-refractivity contribution in [3.63, 3.8) is 0 Å². The summed E-state index contributed by atoms with van der Waals surface area (Å²) < 4.78 is 0. The maximum atomic E-state index is 13.5. The molecule has 13 nitrogen and oxygen atoms in total. The lowest BCUT2D eigenvalue weighted by Gasteiger charge is -2.40. The summed E-state index contributed by atoms with van der Waals surface area (Å²) in [4.78, 5) is 79.0. The molecule has 4 fully saturated rings. The second-order valence-corrected chi connectivity index (χ2v) is 17.3. The van der Waals surface area contributed by atoms with Crippen molar-refractivity contribution >= 4 is 52.6 Å². The van der Waals surface area contributed by atoms with Crippen LogP contribution in [-0.4, -0.2) is 101 Å². The normalized spacial score (nSPS) is 23.6. The molecule has 9 rings (SSSR count). The predicted octanol–water partition coefficient (Wildman–Crippen LogP) is 4.76. The second-order valence-electron chi connectivity index (χ2n) is 16.9. The van der Waals surface area contributed by atoms with Crippen LogP contribution in [0.5, 0.6) is 0 Å². The highest BCUT2D eigenvalue weighted by atomic mass is 35.5. The summed E-state index contributed by atoms with van der Waals surface area (Å²) in [5.41, 5.74) is 5.07. The SMILES string of the molecule is CC1CC2(CCN(c3ccc(C(=O)N4CCC(CN5Cc6cc7c(cc6C5)C(=O)N(C5CCC(=O)NC5=O)C7=O)CC4)cn3)CC2)CN1c1ccc(C#N)c(Cl)c1. The quantitative estimate of drug-likeness (QED) is 0.347. The van der Waals surface area contributed by atoms with Gasteiger partial charge in [0, 0.05) is 76.7 Å². The summed E-state index contributed by atoms with van der Waals surface area (Å²) >= 11 is 6.37. The minimum Gasteiger partial charge on any atom is -0.368 e. The highest BCUT2D eigenvalue weighted by Gasteiger charge is 2.46. The minimum absolute atomic E-state index is 0.0109. The van der Waals surface area contributed by atoms with E-state index >= 15 is 0 Å². The van der Waals surface area contributed by atoms with E-state index in [2.05, 4.69) is 33.0 Å². The van der Waals surface area contributed by atoms with Crippen LogP contribution in [-0.2, 0) is 22.7 Å². The van der Waals surface area contributed by atoms with Gasteiger partial charge in [0.1, 0.15) is 17.9 Å². The number of imide groups is 2. The number of nitrogens with zero attached hydrogens (tertiary/aromatic N) is 7. The van der Waals surface area contributed by atoms with Crippen molar-refractivity contribution in [2.45, 2.75) is 77.0 Å². The molecule has 1 aromatic heterocycles. The molecule has 2 unspecified atom stereocenters. The average molecular weight is 789 g/mol. The van der Waals surface area contributed by atoms with Crippen molar-refractivity contribution < 1.29 is 24.0 Å². The van der Waals surface area contributed by atoms with E-state index in [1.807, 2.05) is 29.2 Å². The van der Waals surface area contributed by atoms with Gasteiger partial charge < -0.3 is 14.7 Å². The van der Waals surface area contributed by atoms with E-state index in [9.17, 15) is 29.2 Å². The first-order chi connectivity index (χ1) is 27.5. The second kappa shape index (κ2) is 14.6. The van der Waals surface area contributed by atoms with Crippen molar-refractivity contribution in [2.24, 2.45) is 11.3 Å². The number of halogens is 1. The lowest BCUT2D eigenvalue weighted by atomic mass is 9.77. The summed E-state index contributed by atoms with van der Waals surface area (Å²) in [6, 6.07) is 14.8. The topological polar surface area (TPSA) is 150 Å². The molecule has 4 saturated heterocycles. The van der Waals surface area contributed by atoms with Crippen LogP contribution in [0.4, 0.5) is 11.5 Å². The van der Waals surface area contributed by atoms with E-state index in [1.165, 1.54) is 0 Å². The summed E-state index contributed by atoms with van der Waals surface area (Å²) in [6.45, 7) is 8.61. The third kappa shape index (κ3) is 6.82. The van der Waals surface area contributed by atoms with Crippen LogP contribution in [0.3, 0.4) is 0 Å². The van der Waals surface area contributed by atoms with Crippen LogP contribution < -0.4 is 15.1 Å². The number of rotatable bonds is 6. The third-order valence-electron chi connectivity index (χ3n) is 13.3. The van der Waals surface area contributed by atoms with Gasteiger partial charge in [0.15, 0.2) is 0 Å².